The van der Waals surface area contributed by atoms with Crippen LogP contribution in [0.3, 0.4) is 0 Å². The van der Waals surface area contributed by atoms with Gasteiger partial charge in [0.05, 0.1) is 19.3 Å². The van der Waals surface area contributed by atoms with E-state index in [1.165, 1.54) is 64.2 Å². The monoisotopic (exact) mass is 482 g/mol. The number of rotatable bonds is 23. The molecule has 0 aromatic rings. The lowest BCUT2D eigenvalue weighted by atomic mass is 10.0. The van der Waals surface area contributed by atoms with Gasteiger partial charge in [0, 0.05) is 12.8 Å². The fourth-order valence-electron chi connectivity index (χ4n) is 3.53. The maximum absolute atomic E-state index is 14.3. The molecule has 0 aliphatic carbocycles. The number of carbonyl (C=O) groups excluding carboxylic acids is 1. The molecule has 0 amide bonds. The van der Waals surface area contributed by atoms with E-state index in [0.717, 1.165) is 19.3 Å². The molecular formula is C24H48FO6P. The minimum absolute atomic E-state index is 0.0436. The van der Waals surface area contributed by atoms with Gasteiger partial charge in [-0.1, -0.05) is 84.0 Å². The molecule has 0 spiro atoms. The van der Waals surface area contributed by atoms with Crippen molar-refractivity contribution in [2.75, 3.05) is 19.8 Å². The van der Waals surface area contributed by atoms with Gasteiger partial charge < -0.3 is 18.9 Å². The van der Waals surface area contributed by atoms with Crippen LogP contribution in [0.25, 0.3) is 0 Å². The third kappa shape index (κ3) is 17.0. The summed E-state index contributed by atoms with van der Waals surface area (Å²) in [6.07, 6.45) is 14.6. The van der Waals surface area contributed by atoms with Crippen molar-refractivity contribution in [3.05, 3.63) is 0 Å². The number of carbonyl (C=O) groups is 1. The number of ether oxygens (including phenoxy) is 1. The molecule has 0 fully saturated rings. The zero-order valence-electron chi connectivity index (χ0n) is 20.7. The van der Waals surface area contributed by atoms with Crippen LogP contribution in [0.4, 0.5) is 4.39 Å². The van der Waals surface area contributed by atoms with Gasteiger partial charge in [-0.3, -0.25) is 9.36 Å². The predicted molar refractivity (Wildman–Crippen MR) is 128 cm³/mol. The number of hydrogen-bond donors (Lipinski definition) is 1. The van der Waals surface area contributed by atoms with Crippen molar-refractivity contribution in [1.82, 2.24) is 0 Å². The first-order valence-corrected chi connectivity index (χ1v) is 14.4. The topological polar surface area (TPSA) is 82.1 Å². The second-order valence-corrected chi connectivity index (χ2v) is 10.5. The Hall–Kier alpha value is -0.490. The van der Waals surface area contributed by atoms with E-state index >= 15 is 0 Å². The minimum Gasteiger partial charge on any atom is -0.463 e. The van der Waals surface area contributed by atoms with Crippen molar-refractivity contribution in [2.45, 2.75) is 129 Å². The molecule has 32 heavy (non-hydrogen) atoms. The van der Waals surface area contributed by atoms with Crippen molar-refractivity contribution >= 4 is 13.6 Å². The normalized spacial score (nSPS) is 13.8. The standard InChI is InChI=1S/C24H48FO6P/c1-4-7-8-9-10-11-12-13-14-15-16-17-18-19-24(27)29-21-22(26)20-23(25)32(28,30-5-2)31-6-3/h22-23,26H,4-21H2,1-3H3/t22-,23?/m1/s1. The molecule has 0 saturated heterocycles. The van der Waals surface area contributed by atoms with Gasteiger partial charge in [0.1, 0.15) is 6.61 Å². The van der Waals surface area contributed by atoms with Gasteiger partial charge in [-0.15, -0.1) is 0 Å². The lowest BCUT2D eigenvalue weighted by Crippen LogP contribution is -2.23. The fourth-order valence-corrected chi connectivity index (χ4v) is 5.15. The molecule has 0 aliphatic heterocycles. The van der Waals surface area contributed by atoms with Crippen LogP contribution in [0.5, 0.6) is 0 Å². The maximum atomic E-state index is 14.3. The second-order valence-electron chi connectivity index (χ2n) is 8.38. The number of halogens is 1. The van der Waals surface area contributed by atoms with Gasteiger partial charge in [0.15, 0.2) is 0 Å². The van der Waals surface area contributed by atoms with E-state index < -0.39 is 32.0 Å². The minimum atomic E-state index is -3.92. The van der Waals surface area contributed by atoms with E-state index in [1.807, 2.05) is 0 Å². The molecule has 2 atom stereocenters. The molecule has 0 heterocycles. The van der Waals surface area contributed by atoms with Crippen LogP contribution in [-0.4, -0.2) is 42.9 Å². The summed E-state index contributed by atoms with van der Waals surface area (Å²) in [6, 6.07) is 0. The number of hydrogen-bond acceptors (Lipinski definition) is 6. The summed E-state index contributed by atoms with van der Waals surface area (Å²) in [6.45, 7) is 5.19. The number of esters is 1. The highest BCUT2D eigenvalue weighted by atomic mass is 31.2. The highest BCUT2D eigenvalue weighted by Gasteiger charge is 2.37. The van der Waals surface area contributed by atoms with Gasteiger partial charge in [-0.25, -0.2) is 4.39 Å². The number of aliphatic hydroxyl groups excluding tert-OH is 1. The van der Waals surface area contributed by atoms with E-state index in [4.69, 9.17) is 13.8 Å². The third-order valence-corrected chi connectivity index (χ3v) is 7.48. The van der Waals surface area contributed by atoms with Crippen LogP contribution < -0.4 is 0 Å². The zero-order chi connectivity index (χ0) is 24.1. The largest absolute Gasteiger partial charge is 0.463 e. The van der Waals surface area contributed by atoms with Crippen molar-refractivity contribution in [1.29, 1.82) is 0 Å². The van der Waals surface area contributed by atoms with E-state index in [9.17, 15) is 18.9 Å². The third-order valence-electron chi connectivity index (χ3n) is 5.35. The zero-order valence-corrected chi connectivity index (χ0v) is 21.6. The van der Waals surface area contributed by atoms with Crippen molar-refractivity contribution in [3.63, 3.8) is 0 Å². The average molecular weight is 483 g/mol. The van der Waals surface area contributed by atoms with Gasteiger partial charge in [-0.2, -0.15) is 0 Å². The van der Waals surface area contributed by atoms with Crippen LogP contribution in [0.15, 0.2) is 0 Å². The van der Waals surface area contributed by atoms with Crippen LogP contribution in [0.1, 0.15) is 117 Å². The predicted octanol–water partition coefficient (Wildman–Crippen LogP) is 7.32. The first-order valence-electron chi connectivity index (χ1n) is 12.8. The highest BCUT2D eigenvalue weighted by molar-refractivity contribution is 7.54. The Bertz CT molecular complexity index is 481. The van der Waals surface area contributed by atoms with Crippen LogP contribution in [0, 0.1) is 0 Å². The average Bonchev–Trinajstić information content (AvgIpc) is 2.75. The van der Waals surface area contributed by atoms with Crippen molar-refractivity contribution in [2.24, 2.45) is 0 Å². The molecule has 192 valence electrons. The van der Waals surface area contributed by atoms with E-state index in [1.54, 1.807) is 13.8 Å². The molecule has 1 unspecified atom stereocenters. The molecule has 0 aromatic carbocycles. The Morgan fingerprint density at radius 1 is 0.812 bits per heavy atom. The molecule has 0 rings (SSSR count). The van der Waals surface area contributed by atoms with Crippen molar-refractivity contribution < 1.29 is 32.6 Å². The van der Waals surface area contributed by atoms with Crippen LogP contribution in [-0.2, 0) is 23.1 Å². The highest BCUT2D eigenvalue weighted by Crippen LogP contribution is 2.55. The molecule has 6 nitrogen and oxygen atoms in total. The van der Waals surface area contributed by atoms with E-state index in [2.05, 4.69) is 6.92 Å². The first-order chi connectivity index (χ1) is 15.4. The van der Waals surface area contributed by atoms with Gasteiger partial charge in [-0.05, 0) is 20.3 Å². The Labute approximate surface area is 195 Å². The molecule has 0 radical (unpaired) electrons. The van der Waals surface area contributed by atoms with Gasteiger partial charge in [0.2, 0.25) is 5.91 Å². The summed E-state index contributed by atoms with van der Waals surface area (Å²) in [5, 5.41) is 9.90. The Balaban J connectivity index is 3.69. The van der Waals surface area contributed by atoms with Gasteiger partial charge in [0.25, 0.3) is 0 Å². The Morgan fingerprint density at radius 3 is 1.69 bits per heavy atom. The van der Waals surface area contributed by atoms with Crippen molar-refractivity contribution in [3.8, 4) is 0 Å². The fraction of sp³-hybridized carbons (Fsp3) is 0.958. The molecule has 0 bridgehead atoms. The first kappa shape index (κ1) is 31.5. The lowest BCUT2D eigenvalue weighted by Gasteiger charge is -2.22. The second kappa shape index (κ2) is 21.1. The summed E-state index contributed by atoms with van der Waals surface area (Å²) < 4.78 is 41.4. The summed E-state index contributed by atoms with van der Waals surface area (Å²) in [5.41, 5.74) is 0. The molecule has 0 aliphatic rings. The van der Waals surface area contributed by atoms with Crippen LogP contribution >= 0.6 is 7.60 Å². The van der Waals surface area contributed by atoms with Gasteiger partial charge >= 0.3 is 13.6 Å². The summed E-state index contributed by atoms with van der Waals surface area (Å²) in [7, 11) is -3.92. The number of unbranched alkanes of at least 4 members (excludes halogenated alkanes) is 12. The molecular weight excluding hydrogens is 434 g/mol. The van der Waals surface area contributed by atoms with E-state index in [0.29, 0.717) is 6.42 Å². The SMILES string of the molecule is CCCCCCCCCCCCCCCC(=O)OC[C@H](O)CC(F)P(=O)(OCC)OCC. The summed E-state index contributed by atoms with van der Waals surface area (Å²) >= 11 is 0. The Kier molecular flexibility index (Phi) is 20.7. The maximum Gasteiger partial charge on any atom is 0.364 e. The van der Waals surface area contributed by atoms with Crippen LogP contribution in [0.2, 0.25) is 0 Å². The molecule has 8 heteroatoms. The quantitative estimate of drug-likeness (QED) is 0.0933. The number of alkyl halides is 1. The van der Waals surface area contributed by atoms with E-state index in [-0.39, 0.29) is 19.8 Å². The molecule has 0 saturated carbocycles. The molecule has 0 aromatic heterocycles. The lowest BCUT2D eigenvalue weighted by molar-refractivity contribution is -0.147. The Morgan fingerprint density at radius 2 is 1.25 bits per heavy atom. The molecule has 1 N–H and O–H groups in total. The smallest absolute Gasteiger partial charge is 0.364 e. The number of aliphatic hydroxyl groups is 1. The summed E-state index contributed by atoms with van der Waals surface area (Å²) in [4.78, 5) is 11.8. The summed E-state index contributed by atoms with van der Waals surface area (Å²) in [5.74, 6) is -2.36.